The molecule has 146 valence electrons. The predicted molar refractivity (Wildman–Crippen MR) is 99.6 cm³/mol. The monoisotopic (exact) mass is 397 g/mol. The van der Waals surface area contributed by atoms with Gasteiger partial charge in [0.2, 0.25) is 0 Å². The molecule has 0 saturated carbocycles. The number of ether oxygens (including phenoxy) is 1. The first-order valence-corrected chi connectivity index (χ1v) is 9.77. The number of halogens is 1. The van der Waals surface area contributed by atoms with Crippen LogP contribution in [0.3, 0.4) is 0 Å². The first-order chi connectivity index (χ1) is 12.7. The average molecular weight is 397 g/mol. The smallest absolute Gasteiger partial charge is 0.326 e. The van der Waals surface area contributed by atoms with Crippen molar-refractivity contribution in [3.05, 3.63) is 30.1 Å². The summed E-state index contributed by atoms with van der Waals surface area (Å²) in [7, 11) is -4.24. The zero-order valence-electron chi connectivity index (χ0n) is 14.8. The van der Waals surface area contributed by atoms with E-state index in [1.54, 1.807) is 16.9 Å². The Hall–Kier alpha value is -2.59. The van der Waals surface area contributed by atoms with E-state index in [0.717, 1.165) is 0 Å². The van der Waals surface area contributed by atoms with Gasteiger partial charge in [0.1, 0.15) is 18.0 Å². The van der Waals surface area contributed by atoms with Crippen molar-refractivity contribution in [1.82, 2.24) is 4.72 Å². The summed E-state index contributed by atoms with van der Waals surface area (Å²) in [6.07, 6.45) is 0.102. The Balaban J connectivity index is 1.95. The van der Waals surface area contributed by atoms with Gasteiger partial charge in [-0.3, -0.25) is 4.79 Å². The van der Waals surface area contributed by atoms with Crippen LogP contribution in [0.25, 0.3) is 10.8 Å². The van der Waals surface area contributed by atoms with Crippen molar-refractivity contribution < 1.29 is 27.4 Å². The molecule has 10 heteroatoms. The van der Waals surface area contributed by atoms with Gasteiger partial charge in [-0.1, -0.05) is 6.07 Å². The summed E-state index contributed by atoms with van der Waals surface area (Å²) in [6.45, 7) is 4.23. The fraction of sp³-hybridized carbons (Fsp3) is 0.353. The highest BCUT2D eigenvalue weighted by molar-refractivity contribution is 7.92. The van der Waals surface area contributed by atoms with Gasteiger partial charge < -0.3 is 15.2 Å². The van der Waals surface area contributed by atoms with Crippen molar-refractivity contribution in [3.63, 3.8) is 0 Å². The molecule has 0 bridgehead atoms. The SMILES string of the molecule is CC(C)OCCNc1ccc2cc(O)c(N3CC(=O)NS3(=O)=O)c(F)c2c1. The normalized spacial score (nSPS) is 16.1. The maximum Gasteiger partial charge on any atom is 0.326 e. The van der Waals surface area contributed by atoms with Crippen LogP contribution in [0.2, 0.25) is 0 Å². The summed E-state index contributed by atoms with van der Waals surface area (Å²) in [6, 6.07) is 6.10. The van der Waals surface area contributed by atoms with Crippen molar-refractivity contribution in [2.45, 2.75) is 20.0 Å². The summed E-state index contributed by atoms with van der Waals surface area (Å²) in [5.74, 6) is -2.28. The zero-order chi connectivity index (χ0) is 19.8. The number of carbonyl (C=O) groups is 1. The third-order valence-corrected chi connectivity index (χ3v) is 5.36. The number of anilines is 2. The lowest BCUT2D eigenvalue weighted by Crippen LogP contribution is -2.30. The van der Waals surface area contributed by atoms with E-state index in [4.69, 9.17) is 4.74 Å². The van der Waals surface area contributed by atoms with Crippen molar-refractivity contribution >= 4 is 38.3 Å². The molecule has 0 atom stereocenters. The summed E-state index contributed by atoms with van der Waals surface area (Å²) >= 11 is 0. The Morgan fingerprint density at radius 2 is 2.11 bits per heavy atom. The molecule has 3 N–H and O–H groups in total. The lowest BCUT2D eigenvalue weighted by atomic mass is 10.1. The third kappa shape index (κ3) is 3.91. The first-order valence-electron chi connectivity index (χ1n) is 8.33. The highest BCUT2D eigenvalue weighted by Crippen LogP contribution is 2.39. The average Bonchev–Trinajstić information content (AvgIpc) is 2.84. The Morgan fingerprint density at radius 3 is 2.74 bits per heavy atom. The third-order valence-electron chi connectivity index (χ3n) is 3.98. The van der Waals surface area contributed by atoms with Crippen molar-refractivity contribution in [2.24, 2.45) is 0 Å². The molecule has 1 aliphatic heterocycles. The van der Waals surface area contributed by atoms with Gasteiger partial charge in [-0.25, -0.2) is 13.4 Å². The number of rotatable bonds is 6. The van der Waals surface area contributed by atoms with E-state index in [9.17, 15) is 18.3 Å². The van der Waals surface area contributed by atoms with Gasteiger partial charge >= 0.3 is 10.2 Å². The van der Waals surface area contributed by atoms with Gasteiger partial charge in [0.15, 0.2) is 5.82 Å². The molecule has 1 amide bonds. The summed E-state index contributed by atoms with van der Waals surface area (Å²) in [5.41, 5.74) is 0.0602. The Morgan fingerprint density at radius 1 is 1.37 bits per heavy atom. The van der Waals surface area contributed by atoms with Crippen LogP contribution in [-0.2, 0) is 19.7 Å². The molecule has 2 aromatic carbocycles. The number of hydrogen-bond acceptors (Lipinski definition) is 6. The molecule has 1 saturated heterocycles. The molecule has 0 radical (unpaired) electrons. The zero-order valence-corrected chi connectivity index (χ0v) is 15.6. The van der Waals surface area contributed by atoms with E-state index >= 15 is 4.39 Å². The highest BCUT2D eigenvalue weighted by Gasteiger charge is 2.37. The molecule has 0 unspecified atom stereocenters. The summed E-state index contributed by atoms with van der Waals surface area (Å²) in [5, 5.41) is 13.8. The second kappa shape index (κ2) is 7.20. The van der Waals surface area contributed by atoms with E-state index in [2.05, 4.69) is 5.32 Å². The molecule has 1 heterocycles. The summed E-state index contributed by atoms with van der Waals surface area (Å²) in [4.78, 5) is 11.4. The second-order valence-electron chi connectivity index (χ2n) is 6.38. The molecule has 0 spiro atoms. The Kier molecular flexibility index (Phi) is 5.11. The molecule has 8 nitrogen and oxygen atoms in total. The molecule has 0 aromatic heterocycles. The van der Waals surface area contributed by atoms with Crippen LogP contribution in [0, 0.1) is 5.82 Å². The quantitative estimate of drug-likeness (QED) is 0.641. The minimum Gasteiger partial charge on any atom is -0.506 e. The van der Waals surface area contributed by atoms with E-state index in [0.29, 0.717) is 28.5 Å². The van der Waals surface area contributed by atoms with Crippen LogP contribution in [-0.4, -0.2) is 45.2 Å². The maximum atomic E-state index is 15.1. The molecule has 0 aliphatic carbocycles. The van der Waals surface area contributed by atoms with E-state index in [1.807, 2.05) is 13.8 Å². The number of hydrogen-bond donors (Lipinski definition) is 3. The lowest BCUT2D eigenvalue weighted by Gasteiger charge is -2.18. The number of aromatic hydroxyl groups is 1. The van der Waals surface area contributed by atoms with Crippen LogP contribution < -0.4 is 14.3 Å². The van der Waals surface area contributed by atoms with Gasteiger partial charge in [-0.2, -0.15) is 8.42 Å². The second-order valence-corrected chi connectivity index (χ2v) is 7.97. The molecule has 1 fully saturated rings. The van der Waals surface area contributed by atoms with Gasteiger partial charge in [0, 0.05) is 17.6 Å². The standard InChI is InChI=1S/C17H20FN3O5S/c1-10(2)26-6-5-19-12-4-3-11-7-14(22)17(16(18)13(11)8-12)21-9-15(23)20-27(21,24)25/h3-4,7-8,10,19,22H,5-6,9H2,1-2H3,(H,20,23). The number of benzene rings is 2. The number of amides is 1. The molecular formula is C17H20FN3O5S. The van der Waals surface area contributed by atoms with Crippen LogP contribution in [0.1, 0.15) is 13.8 Å². The lowest BCUT2D eigenvalue weighted by molar-refractivity contribution is -0.117. The predicted octanol–water partition coefficient (Wildman–Crippen LogP) is 1.70. The Bertz CT molecular complexity index is 994. The van der Waals surface area contributed by atoms with Crippen molar-refractivity contribution in [1.29, 1.82) is 0 Å². The number of nitrogens with one attached hydrogen (secondary N) is 2. The minimum absolute atomic E-state index is 0.102. The first kappa shape index (κ1) is 19.2. The molecule has 2 aromatic rings. The maximum absolute atomic E-state index is 15.1. The van der Waals surface area contributed by atoms with E-state index in [-0.39, 0.29) is 11.5 Å². The van der Waals surface area contributed by atoms with Gasteiger partial charge in [0.05, 0.1) is 12.7 Å². The van der Waals surface area contributed by atoms with E-state index in [1.165, 1.54) is 12.1 Å². The minimum atomic E-state index is -4.24. The fourth-order valence-corrected chi connectivity index (χ4v) is 3.97. The number of carbonyl (C=O) groups excluding carboxylic acids is 1. The van der Waals surface area contributed by atoms with Crippen LogP contribution >= 0.6 is 0 Å². The van der Waals surface area contributed by atoms with E-state index < -0.39 is 39.9 Å². The van der Waals surface area contributed by atoms with Gasteiger partial charge in [-0.15, -0.1) is 0 Å². The van der Waals surface area contributed by atoms with Gasteiger partial charge in [-0.05, 0) is 37.4 Å². The van der Waals surface area contributed by atoms with Crippen LogP contribution in [0.4, 0.5) is 15.8 Å². The molecule has 3 rings (SSSR count). The molecule has 27 heavy (non-hydrogen) atoms. The molecular weight excluding hydrogens is 377 g/mol. The summed E-state index contributed by atoms with van der Waals surface area (Å²) < 4.78 is 46.8. The highest BCUT2D eigenvalue weighted by atomic mass is 32.2. The number of fused-ring (bicyclic) bond motifs is 1. The largest absolute Gasteiger partial charge is 0.506 e. The van der Waals surface area contributed by atoms with Crippen LogP contribution in [0.5, 0.6) is 5.75 Å². The number of phenols is 1. The van der Waals surface area contributed by atoms with Crippen molar-refractivity contribution in [3.8, 4) is 5.75 Å². The van der Waals surface area contributed by atoms with Crippen LogP contribution in [0.15, 0.2) is 24.3 Å². The van der Waals surface area contributed by atoms with Crippen molar-refractivity contribution in [2.75, 3.05) is 29.3 Å². The fourth-order valence-electron chi connectivity index (χ4n) is 2.81. The molecule has 1 aliphatic rings. The topological polar surface area (TPSA) is 108 Å². The van der Waals surface area contributed by atoms with Gasteiger partial charge in [0.25, 0.3) is 5.91 Å². The number of phenolic OH excluding ortho intramolecular Hbond substituents is 1. The number of nitrogens with zero attached hydrogens (tertiary/aromatic N) is 1. The Labute approximate surface area is 156 Å².